The van der Waals surface area contributed by atoms with Crippen LogP contribution >= 0.6 is 12.6 Å². The van der Waals surface area contributed by atoms with Crippen LogP contribution in [0, 0.1) is 0 Å². The molecule has 1 fully saturated rings. The van der Waals surface area contributed by atoms with E-state index >= 15 is 0 Å². The van der Waals surface area contributed by atoms with Gasteiger partial charge in [0.1, 0.15) is 6.04 Å². The number of piperidine rings is 1. The molecule has 1 heterocycles. The molecule has 0 bridgehead atoms. The summed E-state index contributed by atoms with van der Waals surface area (Å²) in [6, 6.07) is -0.909. The Balaban J connectivity index is 0.000000887. The molecule has 0 aromatic heterocycles. The van der Waals surface area contributed by atoms with E-state index in [-0.39, 0.29) is 5.91 Å². The van der Waals surface area contributed by atoms with Gasteiger partial charge in [0.05, 0.1) is 0 Å². The Kier molecular flexibility index (Phi) is 11.5. The van der Waals surface area contributed by atoms with Crippen molar-refractivity contribution in [3.05, 3.63) is 0 Å². The summed E-state index contributed by atoms with van der Waals surface area (Å²) in [4.78, 5) is 34.5. The summed E-state index contributed by atoms with van der Waals surface area (Å²) in [7, 11) is 2.01. The average molecular weight is 430 g/mol. The van der Waals surface area contributed by atoms with Gasteiger partial charge in [-0.15, -0.1) is 0 Å². The first-order valence-electron chi connectivity index (χ1n) is 9.06. The number of aliphatic carboxylic acids is 2. The second-order valence-electron chi connectivity index (χ2n) is 6.86. The lowest BCUT2D eigenvalue weighted by atomic mass is 9.88. The molecule has 0 unspecified atom stereocenters. The highest BCUT2D eigenvalue weighted by molar-refractivity contribution is 7.82. The molecule has 1 aliphatic heterocycles. The quantitative estimate of drug-likeness (QED) is 0.348. The Morgan fingerprint density at radius 1 is 1.14 bits per heavy atom. The van der Waals surface area contributed by atoms with Crippen LogP contribution in [0.2, 0.25) is 0 Å². The van der Waals surface area contributed by atoms with Crippen molar-refractivity contribution in [2.24, 2.45) is 0 Å². The number of unbranched alkanes of at least 4 members (excludes halogenated alkanes) is 3. The van der Waals surface area contributed by atoms with Crippen molar-refractivity contribution < 1.29 is 37.8 Å². The molecule has 7 nitrogen and oxygen atoms in total. The van der Waals surface area contributed by atoms with Crippen LogP contribution in [0.5, 0.6) is 0 Å². The molecule has 0 aliphatic carbocycles. The van der Waals surface area contributed by atoms with Gasteiger partial charge in [-0.3, -0.25) is 4.79 Å². The zero-order valence-electron chi connectivity index (χ0n) is 16.1. The molecule has 1 saturated heterocycles. The third-order valence-corrected chi connectivity index (χ3v) is 5.15. The molecule has 0 aromatic carbocycles. The zero-order chi connectivity index (χ0) is 22.0. The van der Waals surface area contributed by atoms with Gasteiger partial charge in [0.2, 0.25) is 5.91 Å². The number of halogens is 3. The summed E-state index contributed by atoms with van der Waals surface area (Å²) >= 11 is 4.60. The van der Waals surface area contributed by atoms with Gasteiger partial charge < -0.3 is 20.4 Å². The number of likely N-dealkylation sites (tertiary alicyclic amines) is 1. The summed E-state index contributed by atoms with van der Waals surface area (Å²) in [6.07, 6.45) is 0.699. The molecule has 1 rings (SSSR count). The van der Waals surface area contributed by atoms with Crippen LogP contribution < -0.4 is 5.32 Å². The van der Waals surface area contributed by atoms with Crippen molar-refractivity contribution in [2.75, 3.05) is 20.1 Å². The van der Waals surface area contributed by atoms with E-state index in [9.17, 15) is 27.9 Å². The van der Waals surface area contributed by atoms with Crippen LogP contribution in [0.4, 0.5) is 13.2 Å². The summed E-state index contributed by atoms with van der Waals surface area (Å²) in [5.74, 6) is -3.92. The Bertz CT molecular complexity index is 523. The third kappa shape index (κ3) is 10.2. The van der Waals surface area contributed by atoms with Gasteiger partial charge in [0.15, 0.2) is 0 Å². The predicted molar refractivity (Wildman–Crippen MR) is 100 cm³/mol. The maximum Gasteiger partial charge on any atom is 0.490 e. The van der Waals surface area contributed by atoms with E-state index in [1.807, 2.05) is 7.05 Å². The summed E-state index contributed by atoms with van der Waals surface area (Å²) < 4.78 is 31.1. The molecule has 1 aliphatic rings. The van der Waals surface area contributed by atoms with Crippen LogP contribution in [0.25, 0.3) is 0 Å². The van der Waals surface area contributed by atoms with Crippen molar-refractivity contribution in [3.63, 3.8) is 0 Å². The SMILES string of the molecule is CCCCCCC(=O)N[C@H](C(=O)O)C1(S)CCN(C)CC1.O=C(O)C(F)(F)F. The van der Waals surface area contributed by atoms with Crippen molar-refractivity contribution >= 4 is 30.5 Å². The summed E-state index contributed by atoms with van der Waals surface area (Å²) in [6.45, 7) is 3.73. The number of hydrogen-bond acceptors (Lipinski definition) is 5. The first-order valence-corrected chi connectivity index (χ1v) is 9.51. The molecule has 28 heavy (non-hydrogen) atoms. The first-order chi connectivity index (χ1) is 12.8. The number of rotatable bonds is 8. The second-order valence-corrected chi connectivity index (χ2v) is 7.75. The van der Waals surface area contributed by atoms with Crippen LogP contribution in [0.15, 0.2) is 0 Å². The monoisotopic (exact) mass is 430 g/mol. The van der Waals surface area contributed by atoms with Gasteiger partial charge in [0.25, 0.3) is 0 Å². The second kappa shape index (κ2) is 12.2. The number of amides is 1. The topological polar surface area (TPSA) is 107 Å². The Morgan fingerprint density at radius 2 is 1.64 bits per heavy atom. The highest BCUT2D eigenvalue weighted by Crippen LogP contribution is 2.32. The fourth-order valence-electron chi connectivity index (χ4n) is 2.67. The molecule has 0 radical (unpaired) electrons. The summed E-state index contributed by atoms with van der Waals surface area (Å²) in [5, 5.41) is 19.2. The molecule has 1 atom stereocenters. The minimum Gasteiger partial charge on any atom is -0.480 e. The average Bonchev–Trinajstić information content (AvgIpc) is 2.59. The van der Waals surface area contributed by atoms with Gasteiger partial charge in [-0.05, 0) is 39.4 Å². The van der Waals surface area contributed by atoms with E-state index in [1.165, 1.54) is 0 Å². The van der Waals surface area contributed by atoms with Crippen molar-refractivity contribution in [2.45, 2.75) is 68.8 Å². The molecule has 0 spiro atoms. The molecule has 3 N–H and O–H groups in total. The number of nitrogens with one attached hydrogen (secondary N) is 1. The van der Waals surface area contributed by atoms with Crippen LogP contribution in [-0.2, 0) is 14.4 Å². The fraction of sp³-hybridized carbons (Fsp3) is 0.824. The molecule has 0 aromatic rings. The van der Waals surface area contributed by atoms with E-state index in [0.29, 0.717) is 19.3 Å². The number of hydrogen-bond donors (Lipinski definition) is 4. The molecule has 164 valence electrons. The molecule has 1 amide bonds. The van der Waals surface area contributed by atoms with Gasteiger partial charge in [-0.25, -0.2) is 9.59 Å². The van der Waals surface area contributed by atoms with E-state index < -0.39 is 28.9 Å². The highest BCUT2D eigenvalue weighted by Gasteiger charge is 2.43. The number of thiol groups is 1. The maximum absolute atomic E-state index is 12.0. The van der Waals surface area contributed by atoms with E-state index in [1.54, 1.807) is 0 Å². The smallest absolute Gasteiger partial charge is 0.480 e. The number of nitrogens with zero attached hydrogens (tertiary/aromatic N) is 1. The lowest BCUT2D eigenvalue weighted by molar-refractivity contribution is -0.192. The lowest BCUT2D eigenvalue weighted by Gasteiger charge is -2.40. The van der Waals surface area contributed by atoms with Crippen LogP contribution in [0.3, 0.4) is 0 Å². The largest absolute Gasteiger partial charge is 0.490 e. The normalized spacial score (nSPS) is 17.8. The van der Waals surface area contributed by atoms with Gasteiger partial charge in [-0.2, -0.15) is 25.8 Å². The number of carbonyl (C=O) groups excluding carboxylic acids is 1. The van der Waals surface area contributed by atoms with E-state index in [4.69, 9.17) is 9.90 Å². The Labute approximate surface area is 168 Å². The van der Waals surface area contributed by atoms with Gasteiger partial charge in [0, 0.05) is 11.2 Å². The van der Waals surface area contributed by atoms with E-state index in [2.05, 4.69) is 29.8 Å². The molecular weight excluding hydrogens is 401 g/mol. The van der Waals surface area contributed by atoms with E-state index in [0.717, 1.165) is 38.8 Å². The Morgan fingerprint density at radius 3 is 2.04 bits per heavy atom. The predicted octanol–water partition coefficient (Wildman–Crippen LogP) is 2.55. The van der Waals surface area contributed by atoms with Crippen LogP contribution in [-0.4, -0.2) is 70.1 Å². The maximum atomic E-state index is 12.0. The number of alkyl halides is 3. The fourth-order valence-corrected chi connectivity index (χ4v) is 3.04. The highest BCUT2D eigenvalue weighted by atomic mass is 32.1. The molecule has 11 heteroatoms. The molecule has 0 saturated carbocycles. The number of carboxylic acids is 2. The summed E-state index contributed by atoms with van der Waals surface area (Å²) in [5.41, 5.74) is 0. The third-order valence-electron chi connectivity index (χ3n) is 4.44. The minimum absolute atomic E-state index is 0.175. The number of carboxylic acid groups (broad SMARTS) is 2. The van der Waals surface area contributed by atoms with Crippen molar-refractivity contribution in [1.82, 2.24) is 10.2 Å². The first kappa shape index (κ1) is 26.5. The van der Waals surface area contributed by atoms with Crippen molar-refractivity contribution in [3.8, 4) is 0 Å². The Hall–Kier alpha value is -1.49. The van der Waals surface area contributed by atoms with Gasteiger partial charge in [-0.1, -0.05) is 26.2 Å². The van der Waals surface area contributed by atoms with Gasteiger partial charge >= 0.3 is 18.1 Å². The number of carbonyl (C=O) groups is 3. The lowest BCUT2D eigenvalue weighted by Crippen LogP contribution is -2.57. The minimum atomic E-state index is -5.08. The zero-order valence-corrected chi connectivity index (χ0v) is 17.0. The van der Waals surface area contributed by atoms with Crippen molar-refractivity contribution in [1.29, 1.82) is 0 Å². The molecular formula is C17H29F3N2O5S. The standard InChI is InChI=1S/C15H28N2O3S.C2HF3O2/c1-3-4-5-6-7-12(18)16-13(14(19)20)15(21)8-10-17(2)11-9-15;3-2(4,5)1(6)7/h13,21H,3-11H2,1-2H3,(H,16,18)(H,19,20);(H,6,7)/t13-;/m1./s1. The van der Waals surface area contributed by atoms with Crippen LogP contribution in [0.1, 0.15) is 51.9 Å².